The van der Waals surface area contributed by atoms with E-state index in [-0.39, 0.29) is 11.6 Å². The first-order valence-corrected chi connectivity index (χ1v) is 7.43. The number of rotatable bonds is 7. The van der Waals surface area contributed by atoms with Crippen molar-refractivity contribution in [1.29, 1.82) is 0 Å². The Morgan fingerprint density at radius 1 is 1.29 bits per heavy atom. The predicted octanol–water partition coefficient (Wildman–Crippen LogP) is 2.73. The van der Waals surface area contributed by atoms with Crippen molar-refractivity contribution in [3.05, 3.63) is 42.2 Å². The van der Waals surface area contributed by atoms with Crippen LogP contribution in [0.5, 0.6) is 0 Å². The zero-order valence-corrected chi connectivity index (χ0v) is 13.2. The topological polar surface area (TPSA) is 52.0 Å². The Bertz CT molecular complexity index is 554. The number of benzene rings is 1. The molecule has 0 bridgehead atoms. The minimum atomic E-state index is -0.308. The fourth-order valence-corrected chi connectivity index (χ4v) is 2.69. The molecule has 0 spiro atoms. The van der Waals surface area contributed by atoms with E-state index >= 15 is 0 Å². The monoisotopic (exact) mass is 288 g/mol. The summed E-state index contributed by atoms with van der Waals surface area (Å²) in [4.78, 5) is 0. The lowest BCUT2D eigenvalue weighted by molar-refractivity contribution is -0.0561. The van der Waals surface area contributed by atoms with Gasteiger partial charge in [0.15, 0.2) is 0 Å². The van der Waals surface area contributed by atoms with Gasteiger partial charge in [0.25, 0.3) is 0 Å². The van der Waals surface area contributed by atoms with E-state index in [0.717, 1.165) is 17.8 Å². The molecule has 0 saturated heterocycles. The van der Waals surface area contributed by atoms with E-state index < -0.39 is 0 Å². The first-order valence-electron chi connectivity index (χ1n) is 7.43. The molecule has 5 nitrogen and oxygen atoms in total. The molecule has 5 heteroatoms. The van der Waals surface area contributed by atoms with Gasteiger partial charge < -0.3 is 10.1 Å². The van der Waals surface area contributed by atoms with Gasteiger partial charge in [-0.3, -0.25) is 0 Å². The first-order chi connectivity index (χ1) is 10.2. The summed E-state index contributed by atoms with van der Waals surface area (Å²) in [5.41, 5.74) is 1.69. The van der Waals surface area contributed by atoms with Gasteiger partial charge >= 0.3 is 0 Å². The van der Waals surface area contributed by atoms with Crippen LogP contribution in [-0.2, 0) is 4.74 Å². The molecule has 0 aliphatic carbocycles. The minimum Gasteiger partial charge on any atom is -0.374 e. The molecular weight excluding hydrogens is 264 g/mol. The third kappa shape index (κ3) is 3.14. The molecule has 0 fully saturated rings. The van der Waals surface area contributed by atoms with Crippen LogP contribution in [0, 0.1) is 0 Å². The molecule has 2 rings (SSSR count). The maximum absolute atomic E-state index is 6.01. The average molecular weight is 288 g/mol. The van der Waals surface area contributed by atoms with Gasteiger partial charge in [0.05, 0.1) is 29.2 Å². The van der Waals surface area contributed by atoms with Gasteiger partial charge in [0.2, 0.25) is 0 Å². The number of nitrogens with one attached hydrogen (secondary N) is 1. The third-order valence-electron chi connectivity index (χ3n) is 3.95. The quantitative estimate of drug-likeness (QED) is 0.851. The average Bonchev–Trinajstić information content (AvgIpc) is 2.98. The van der Waals surface area contributed by atoms with Crippen molar-refractivity contribution in [3.63, 3.8) is 0 Å². The number of nitrogens with zero attached hydrogens (tertiary/aromatic N) is 3. The van der Waals surface area contributed by atoms with E-state index in [1.54, 1.807) is 6.20 Å². The lowest BCUT2D eigenvalue weighted by atomic mass is 9.90. The number of hydrogen-bond donors (Lipinski definition) is 1. The molecule has 2 aromatic rings. The Morgan fingerprint density at radius 2 is 2.00 bits per heavy atom. The second-order valence-corrected chi connectivity index (χ2v) is 5.23. The van der Waals surface area contributed by atoms with Crippen molar-refractivity contribution in [2.24, 2.45) is 0 Å². The Morgan fingerprint density at radius 3 is 2.57 bits per heavy atom. The molecule has 0 radical (unpaired) electrons. The van der Waals surface area contributed by atoms with Crippen LogP contribution in [0.2, 0.25) is 0 Å². The number of aromatic nitrogens is 3. The second-order valence-electron chi connectivity index (χ2n) is 5.23. The minimum absolute atomic E-state index is 0.0117. The van der Waals surface area contributed by atoms with Crippen LogP contribution in [-0.4, -0.2) is 34.2 Å². The maximum Gasteiger partial charge on any atom is 0.0861 e. The highest BCUT2D eigenvalue weighted by atomic mass is 16.5. The van der Waals surface area contributed by atoms with Crippen LogP contribution in [0.15, 0.2) is 36.5 Å². The first kappa shape index (κ1) is 15.7. The summed E-state index contributed by atoms with van der Waals surface area (Å²) >= 11 is 0. The van der Waals surface area contributed by atoms with Crippen LogP contribution < -0.4 is 5.32 Å². The third-order valence-corrected chi connectivity index (χ3v) is 3.95. The fraction of sp³-hybridized carbons (Fsp3) is 0.500. The van der Waals surface area contributed by atoms with E-state index in [4.69, 9.17) is 4.74 Å². The zero-order chi connectivity index (χ0) is 15.3. The summed E-state index contributed by atoms with van der Waals surface area (Å²) in [6.45, 7) is 6.96. The summed E-state index contributed by atoms with van der Waals surface area (Å²) in [5.74, 6) is 0. The summed E-state index contributed by atoms with van der Waals surface area (Å²) in [6, 6.07) is 10.0. The number of hydrogen-bond acceptors (Lipinski definition) is 4. The van der Waals surface area contributed by atoms with Gasteiger partial charge in [0, 0.05) is 6.61 Å². The van der Waals surface area contributed by atoms with E-state index in [1.165, 1.54) is 0 Å². The molecule has 1 heterocycles. The van der Waals surface area contributed by atoms with E-state index in [1.807, 2.05) is 49.0 Å². The van der Waals surface area contributed by atoms with Gasteiger partial charge in [-0.2, -0.15) is 0 Å². The fourth-order valence-electron chi connectivity index (χ4n) is 2.69. The predicted molar refractivity (Wildman–Crippen MR) is 83.5 cm³/mol. The smallest absolute Gasteiger partial charge is 0.0861 e. The SMILES string of the molecule is CCOC(C)(CC)C(NC)c1cnnn1-c1ccccc1. The van der Waals surface area contributed by atoms with Crippen LogP contribution in [0.4, 0.5) is 0 Å². The highest BCUT2D eigenvalue weighted by molar-refractivity contribution is 5.32. The summed E-state index contributed by atoms with van der Waals surface area (Å²) in [5, 5.41) is 11.7. The Balaban J connectivity index is 2.43. The maximum atomic E-state index is 6.01. The second kappa shape index (κ2) is 6.83. The highest BCUT2D eigenvalue weighted by Gasteiger charge is 2.36. The van der Waals surface area contributed by atoms with Crippen molar-refractivity contribution >= 4 is 0 Å². The molecule has 2 atom stereocenters. The lowest BCUT2D eigenvalue weighted by Crippen LogP contribution is -2.43. The normalized spacial score (nSPS) is 15.6. The van der Waals surface area contributed by atoms with E-state index in [2.05, 4.69) is 29.5 Å². The molecule has 114 valence electrons. The Hall–Kier alpha value is -1.72. The summed E-state index contributed by atoms with van der Waals surface area (Å²) in [7, 11) is 1.94. The molecule has 2 unspecified atom stereocenters. The summed E-state index contributed by atoms with van der Waals surface area (Å²) < 4.78 is 7.88. The van der Waals surface area contributed by atoms with Gasteiger partial charge in [-0.25, -0.2) is 4.68 Å². The van der Waals surface area contributed by atoms with E-state index in [0.29, 0.717) is 6.61 Å². The molecule has 1 aromatic heterocycles. The van der Waals surface area contributed by atoms with Crippen LogP contribution in [0.3, 0.4) is 0 Å². The zero-order valence-electron chi connectivity index (χ0n) is 13.2. The van der Waals surface area contributed by atoms with Crippen LogP contribution in [0.25, 0.3) is 5.69 Å². The van der Waals surface area contributed by atoms with Crippen molar-refractivity contribution < 1.29 is 4.74 Å². The molecule has 0 aliphatic heterocycles. The van der Waals surface area contributed by atoms with Gasteiger partial charge in [-0.15, -0.1) is 5.10 Å². The van der Waals surface area contributed by atoms with Crippen LogP contribution in [0.1, 0.15) is 38.9 Å². The Kier molecular flexibility index (Phi) is 5.09. The molecule has 0 saturated carbocycles. The van der Waals surface area contributed by atoms with Gasteiger partial charge in [0.1, 0.15) is 0 Å². The summed E-state index contributed by atoms with van der Waals surface area (Å²) in [6.07, 6.45) is 2.70. The van der Waals surface area contributed by atoms with Gasteiger partial charge in [-0.05, 0) is 39.4 Å². The number of likely N-dealkylation sites (N-methyl/N-ethyl adjacent to an activating group) is 1. The lowest BCUT2D eigenvalue weighted by Gasteiger charge is -2.36. The standard InChI is InChI=1S/C16H24N4O/c1-5-16(3,21-6-2)15(17-4)14-12-18-19-20(14)13-10-8-7-9-11-13/h7-12,15,17H,5-6H2,1-4H3. The van der Waals surface area contributed by atoms with E-state index in [9.17, 15) is 0 Å². The Labute approximate surface area is 126 Å². The van der Waals surface area contributed by atoms with Crippen LogP contribution >= 0.6 is 0 Å². The highest BCUT2D eigenvalue weighted by Crippen LogP contribution is 2.32. The molecule has 0 aliphatic rings. The molecule has 1 N–H and O–H groups in total. The van der Waals surface area contributed by atoms with Crippen molar-refractivity contribution in [2.75, 3.05) is 13.7 Å². The van der Waals surface area contributed by atoms with Crippen molar-refractivity contribution in [1.82, 2.24) is 20.3 Å². The molecule has 21 heavy (non-hydrogen) atoms. The van der Waals surface area contributed by atoms with Crippen molar-refractivity contribution in [2.45, 2.75) is 38.8 Å². The largest absolute Gasteiger partial charge is 0.374 e. The molecular formula is C16H24N4O. The van der Waals surface area contributed by atoms with Crippen molar-refractivity contribution in [3.8, 4) is 5.69 Å². The number of para-hydroxylation sites is 1. The molecule has 0 amide bonds. The molecule has 1 aromatic carbocycles. The number of ether oxygens (including phenoxy) is 1. The van der Waals surface area contributed by atoms with Gasteiger partial charge in [-0.1, -0.05) is 30.3 Å².